The van der Waals surface area contributed by atoms with Gasteiger partial charge in [-0.3, -0.25) is 19.2 Å². The molecular formula is C27H43N5O8. The molecule has 0 aliphatic rings. The van der Waals surface area contributed by atoms with Gasteiger partial charge in [-0.05, 0) is 62.8 Å². The van der Waals surface area contributed by atoms with Crippen molar-refractivity contribution in [1.82, 2.24) is 21.3 Å². The molecule has 0 fully saturated rings. The fourth-order valence-electron chi connectivity index (χ4n) is 3.88. The lowest BCUT2D eigenvalue weighted by Gasteiger charge is -2.28. The fourth-order valence-corrected chi connectivity index (χ4v) is 3.88. The van der Waals surface area contributed by atoms with E-state index in [4.69, 9.17) is 5.73 Å². The summed E-state index contributed by atoms with van der Waals surface area (Å²) in [6.07, 6.45) is 2.10. The SMILES string of the molecule is CC[C@H](NC(=O)[C@H](CC)NC(=O)[C@@H](NC(=O)[C@H](CCCCN)NC(=O)c1cc(O)ccc1O)[C@@H](C)CC)C(=O)O. The maximum Gasteiger partial charge on any atom is 0.326 e. The Hall–Kier alpha value is -3.87. The van der Waals surface area contributed by atoms with Crippen LogP contribution < -0.4 is 27.0 Å². The van der Waals surface area contributed by atoms with Crippen LogP contribution in [0.15, 0.2) is 18.2 Å². The first-order valence-electron chi connectivity index (χ1n) is 13.6. The Morgan fingerprint density at radius 3 is 1.95 bits per heavy atom. The van der Waals surface area contributed by atoms with Crippen molar-refractivity contribution in [3.63, 3.8) is 0 Å². The van der Waals surface area contributed by atoms with Crippen molar-refractivity contribution in [1.29, 1.82) is 0 Å². The first-order valence-corrected chi connectivity index (χ1v) is 13.6. The number of carbonyl (C=O) groups excluding carboxylic acids is 4. The van der Waals surface area contributed by atoms with Gasteiger partial charge in [0.05, 0.1) is 5.56 Å². The normalized spacial score (nSPS) is 14.6. The van der Waals surface area contributed by atoms with Gasteiger partial charge < -0.3 is 42.3 Å². The largest absolute Gasteiger partial charge is 0.508 e. The van der Waals surface area contributed by atoms with Crippen LogP contribution in [0.5, 0.6) is 11.5 Å². The molecule has 1 rings (SSSR count). The Morgan fingerprint density at radius 1 is 0.800 bits per heavy atom. The molecule has 0 bridgehead atoms. The summed E-state index contributed by atoms with van der Waals surface area (Å²) in [5.41, 5.74) is 5.34. The van der Waals surface area contributed by atoms with E-state index < -0.39 is 53.8 Å². The zero-order chi connectivity index (χ0) is 30.4. The molecule has 40 heavy (non-hydrogen) atoms. The number of hydrogen-bond donors (Lipinski definition) is 8. The minimum absolute atomic E-state index is 0.161. The molecule has 1 aromatic rings. The maximum absolute atomic E-state index is 13.3. The van der Waals surface area contributed by atoms with Crippen molar-refractivity contribution < 1.29 is 39.3 Å². The number of carbonyl (C=O) groups is 5. The first kappa shape index (κ1) is 34.2. The summed E-state index contributed by atoms with van der Waals surface area (Å²) in [6, 6.07) is -0.865. The molecule has 13 heteroatoms. The molecule has 4 amide bonds. The van der Waals surface area contributed by atoms with Crippen molar-refractivity contribution in [2.45, 2.75) is 90.4 Å². The van der Waals surface area contributed by atoms with Crippen LogP contribution in [0.3, 0.4) is 0 Å². The fraction of sp³-hybridized carbons (Fsp3) is 0.593. The van der Waals surface area contributed by atoms with E-state index in [0.717, 1.165) is 12.1 Å². The average molecular weight is 566 g/mol. The number of aromatic hydroxyl groups is 2. The molecular weight excluding hydrogens is 522 g/mol. The number of nitrogens with two attached hydrogens (primary N) is 1. The third kappa shape index (κ3) is 10.4. The molecule has 0 saturated carbocycles. The Balaban J connectivity index is 3.11. The second-order valence-electron chi connectivity index (χ2n) is 9.66. The highest BCUT2D eigenvalue weighted by atomic mass is 16.4. The Labute approximate surface area is 234 Å². The third-order valence-corrected chi connectivity index (χ3v) is 6.65. The highest BCUT2D eigenvalue weighted by molar-refractivity contribution is 6.00. The minimum atomic E-state index is -1.19. The highest BCUT2D eigenvalue weighted by Crippen LogP contribution is 2.22. The monoisotopic (exact) mass is 565 g/mol. The van der Waals surface area contributed by atoms with E-state index in [2.05, 4.69) is 21.3 Å². The van der Waals surface area contributed by atoms with Crippen LogP contribution in [-0.2, 0) is 19.2 Å². The molecule has 9 N–H and O–H groups in total. The second kappa shape index (κ2) is 17.0. The number of phenolic OH excluding ortho intramolecular Hbond substituents is 2. The van der Waals surface area contributed by atoms with Gasteiger partial charge in [0.1, 0.15) is 35.7 Å². The summed E-state index contributed by atoms with van der Waals surface area (Å²) < 4.78 is 0. The lowest BCUT2D eigenvalue weighted by Crippen LogP contribution is -2.59. The average Bonchev–Trinajstić information content (AvgIpc) is 2.92. The van der Waals surface area contributed by atoms with Crippen molar-refractivity contribution in [2.24, 2.45) is 11.7 Å². The van der Waals surface area contributed by atoms with Gasteiger partial charge in [0, 0.05) is 0 Å². The molecule has 224 valence electrons. The van der Waals surface area contributed by atoms with Crippen molar-refractivity contribution in [3.05, 3.63) is 23.8 Å². The third-order valence-electron chi connectivity index (χ3n) is 6.65. The van der Waals surface area contributed by atoms with Crippen molar-refractivity contribution in [3.8, 4) is 11.5 Å². The molecule has 0 unspecified atom stereocenters. The topological polar surface area (TPSA) is 220 Å². The van der Waals surface area contributed by atoms with Gasteiger partial charge in [-0.25, -0.2) is 4.79 Å². The van der Waals surface area contributed by atoms with E-state index in [9.17, 15) is 39.3 Å². The number of hydrogen-bond acceptors (Lipinski definition) is 8. The van der Waals surface area contributed by atoms with Crippen LogP contribution in [-0.4, -0.2) is 75.6 Å². The zero-order valence-corrected chi connectivity index (χ0v) is 23.5. The van der Waals surface area contributed by atoms with Crippen LogP contribution in [0.2, 0.25) is 0 Å². The summed E-state index contributed by atoms with van der Waals surface area (Å²) in [4.78, 5) is 63.4. The zero-order valence-electron chi connectivity index (χ0n) is 23.5. The highest BCUT2D eigenvalue weighted by Gasteiger charge is 2.33. The summed E-state index contributed by atoms with van der Waals surface area (Å²) >= 11 is 0. The molecule has 5 atom stereocenters. The van der Waals surface area contributed by atoms with Crippen LogP contribution in [0.25, 0.3) is 0 Å². The summed E-state index contributed by atoms with van der Waals surface area (Å²) in [6.45, 7) is 7.20. The predicted octanol–water partition coefficient (Wildman–Crippen LogP) is 0.730. The van der Waals surface area contributed by atoms with Crippen molar-refractivity contribution >= 4 is 29.6 Å². The molecule has 0 spiro atoms. The van der Waals surface area contributed by atoms with Crippen LogP contribution in [0.1, 0.15) is 76.6 Å². The van der Waals surface area contributed by atoms with Gasteiger partial charge in [-0.1, -0.05) is 34.1 Å². The molecule has 0 aliphatic heterocycles. The molecule has 13 nitrogen and oxygen atoms in total. The van der Waals surface area contributed by atoms with Gasteiger partial charge in [0.25, 0.3) is 5.91 Å². The lowest BCUT2D eigenvalue weighted by molar-refractivity contribution is -0.142. The molecule has 0 saturated heterocycles. The molecule has 0 heterocycles. The van der Waals surface area contributed by atoms with Gasteiger partial charge in [-0.2, -0.15) is 0 Å². The number of amides is 4. The maximum atomic E-state index is 13.3. The van der Waals surface area contributed by atoms with Gasteiger partial charge in [0.2, 0.25) is 17.7 Å². The van der Waals surface area contributed by atoms with Gasteiger partial charge >= 0.3 is 5.97 Å². The number of phenols is 2. The predicted molar refractivity (Wildman–Crippen MR) is 147 cm³/mol. The van der Waals surface area contributed by atoms with E-state index in [0.29, 0.717) is 25.8 Å². The first-order chi connectivity index (χ1) is 18.9. The Bertz CT molecular complexity index is 1030. The van der Waals surface area contributed by atoms with E-state index in [-0.39, 0.29) is 42.2 Å². The molecule has 1 aromatic carbocycles. The number of unbranched alkanes of at least 4 members (excludes halogenated alkanes) is 1. The molecule has 0 aromatic heterocycles. The summed E-state index contributed by atoms with van der Waals surface area (Å²) in [5.74, 6) is -4.92. The Morgan fingerprint density at radius 2 is 1.40 bits per heavy atom. The number of rotatable bonds is 17. The number of carboxylic acids is 1. The van der Waals surface area contributed by atoms with Crippen LogP contribution in [0.4, 0.5) is 0 Å². The quantitative estimate of drug-likeness (QED) is 0.0984. The molecule has 0 radical (unpaired) electrons. The summed E-state index contributed by atoms with van der Waals surface area (Å²) in [5, 5.41) is 39.2. The number of carboxylic acid groups (broad SMARTS) is 1. The number of aliphatic carboxylic acids is 1. The van der Waals surface area contributed by atoms with Gasteiger partial charge in [-0.15, -0.1) is 0 Å². The number of benzene rings is 1. The van der Waals surface area contributed by atoms with Crippen LogP contribution in [0, 0.1) is 5.92 Å². The summed E-state index contributed by atoms with van der Waals surface area (Å²) in [7, 11) is 0. The Kier molecular flexibility index (Phi) is 14.5. The minimum Gasteiger partial charge on any atom is -0.508 e. The van der Waals surface area contributed by atoms with Gasteiger partial charge in [0.15, 0.2) is 0 Å². The second-order valence-corrected chi connectivity index (χ2v) is 9.66. The van der Waals surface area contributed by atoms with E-state index in [1.807, 2.05) is 6.92 Å². The number of nitrogens with one attached hydrogen (secondary N) is 4. The standard InChI is InChI=1S/C27H43N5O8/c1-5-15(4)22(26(38)29-18(6-2)24(36)30-19(7-3)27(39)40)32-25(37)20(10-8-9-13-28)31-23(35)17-14-16(33)11-12-21(17)34/h11-12,14-15,18-20,22,33-34H,5-10,13,28H2,1-4H3,(H,29,38)(H,30,36)(H,31,35)(H,32,37)(H,39,40)/t15-,18-,19-,20-,22-/m0/s1. The molecule has 0 aliphatic carbocycles. The van der Waals surface area contributed by atoms with Crippen molar-refractivity contribution in [2.75, 3.05) is 6.54 Å². The smallest absolute Gasteiger partial charge is 0.326 e. The van der Waals surface area contributed by atoms with Crippen LogP contribution >= 0.6 is 0 Å². The van der Waals surface area contributed by atoms with E-state index in [1.165, 1.54) is 6.07 Å². The lowest BCUT2D eigenvalue weighted by atomic mass is 9.96. The van der Waals surface area contributed by atoms with E-state index in [1.54, 1.807) is 20.8 Å². The van der Waals surface area contributed by atoms with E-state index >= 15 is 0 Å².